The molecular formula is C12H10Cl2N2O. The molecular weight excluding hydrogens is 259 g/mol. The van der Waals surface area contributed by atoms with Crippen LogP contribution in [0, 0.1) is 6.92 Å². The standard InChI is InChI=1S/C12H10Cl2N2O/c1-7-5-10(16-12(14)15-7)8-3-4-11(17-2)9(13)6-8/h3-6H,1-2H3. The monoisotopic (exact) mass is 268 g/mol. The fraction of sp³-hybridized carbons (Fsp3) is 0.167. The molecule has 17 heavy (non-hydrogen) atoms. The minimum absolute atomic E-state index is 0.229. The number of nitrogens with zero attached hydrogens (tertiary/aromatic N) is 2. The number of aryl methyl sites for hydroxylation is 1. The van der Waals surface area contributed by atoms with Crippen LogP contribution in [0.2, 0.25) is 10.3 Å². The molecule has 0 radical (unpaired) electrons. The lowest BCUT2D eigenvalue weighted by Gasteiger charge is -2.06. The Bertz CT molecular complexity index is 538. The maximum atomic E-state index is 6.06. The molecule has 1 aromatic heterocycles. The molecule has 3 nitrogen and oxygen atoms in total. The average molecular weight is 269 g/mol. The number of hydrogen-bond donors (Lipinski definition) is 0. The predicted octanol–water partition coefficient (Wildman–Crippen LogP) is 3.77. The Kier molecular flexibility index (Phi) is 3.50. The summed E-state index contributed by atoms with van der Waals surface area (Å²) >= 11 is 11.9. The summed E-state index contributed by atoms with van der Waals surface area (Å²) in [5.41, 5.74) is 2.43. The summed E-state index contributed by atoms with van der Waals surface area (Å²) in [5.74, 6) is 0.632. The van der Waals surface area contributed by atoms with Crippen molar-refractivity contribution in [3.05, 3.63) is 40.3 Å². The van der Waals surface area contributed by atoms with E-state index < -0.39 is 0 Å². The molecule has 0 amide bonds. The van der Waals surface area contributed by atoms with Gasteiger partial charge in [-0.25, -0.2) is 9.97 Å². The minimum atomic E-state index is 0.229. The van der Waals surface area contributed by atoms with Crippen molar-refractivity contribution in [1.82, 2.24) is 9.97 Å². The molecule has 0 fully saturated rings. The molecule has 0 saturated carbocycles. The van der Waals surface area contributed by atoms with E-state index in [1.54, 1.807) is 19.2 Å². The molecule has 1 aromatic carbocycles. The highest BCUT2D eigenvalue weighted by molar-refractivity contribution is 6.32. The molecule has 2 aromatic rings. The van der Waals surface area contributed by atoms with Crippen LogP contribution in [-0.2, 0) is 0 Å². The van der Waals surface area contributed by atoms with Crippen LogP contribution in [0.25, 0.3) is 11.3 Å². The molecule has 88 valence electrons. The molecule has 2 rings (SSSR count). The lowest BCUT2D eigenvalue weighted by atomic mass is 10.1. The van der Waals surface area contributed by atoms with Crippen LogP contribution >= 0.6 is 23.2 Å². The van der Waals surface area contributed by atoms with Gasteiger partial charge in [0.25, 0.3) is 0 Å². The number of hydrogen-bond acceptors (Lipinski definition) is 3. The van der Waals surface area contributed by atoms with Gasteiger partial charge < -0.3 is 4.74 Å². The van der Waals surface area contributed by atoms with E-state index in [4.69, 9.17) is 27.9 Å². The highest BCUT2D eigenvalue weighted by Gasteiger charge is 2.06. The summed E-state index contributed by atoms with van der Waals surface area (Å²) in [6, 6.07) is 7.31. The molecule has 0 unspecified atom stereocenters. The van der Waals surface area contributed by atoms with Gasteiger partial charge in [0.15, 0.2) is 0 Å². The number of benzene rings is 1. The van der Waals surface area contributed by atoms with Crippen molar-refractivity contribution < 1.29 is 4.74 Å². The van der Waals surface area contributed by atoms with Crippen molar-refractivity contribution in [3.8, 4) is 17.0 Å². The lowest BCUT2D eigenvalue weighted by molar-refractivity contribution is 0.415. The van der Waals surface area contributed by atoms with Crippen LogP contribution in [0.15, 0.2) is 24.3 Å². The van der Waals surface area contributed by atoms with Crippen molar-refractivity contribution in [2.24, 2.45) is 0 Å². The first-order valence-electron chi connectivity index (χ1n) is 4.95. The molecule has 0 aliphatic carbocycles. The first-order chi connectivity index (χ1) is 8.10. The SMILES string of the molecule is COc1ccc(-c2cc(C)nc(Cl)n2)cc1Cl. The van der Waals surface area contributed by atoms with Crippen LogP contribution in [0.1, 0.15) is 5.69 Å². The Labute approximate surface area is 109 Å². The Hall–Kier alpha value is -1.32. The van der Waals surface area contributed by atoms with E-state index >= 15 is 0 Å². The van der Waals surface area contributed by atoms with E-state index in [2.05, 4.69) is 9.97 Å². The molecule has 0 bridgehead atoms. The first kappa shape index (κ1) is 12.1. The number of rotatable bonds is 2. The zero-order valence-corrected chi connectivity index (χ0v) is 10.9. The number of aromatic nitrogens is 2. The third kappa shape index (κ3) is 2.68. The van der Waals surface area contributed by atoms with Gasteiger partial charge in [0.1, 0.15) is 5.75 Å². The summed E-state index contributed by atoms with van der Waals surface area (Å²) in [7, 11) is 1.58. The van der Waals surface area contributed by atoms with Gasteiger partial charge >= 0.3 is 0 Å². The van der Waals surface area contributed by atoms with Crippen molar-refractivity contribution in [2.75, 3.05) is 7.11 Å². The maximum Gasteiger partial charge on any atom is 0.223 e. The number of ether oxygens (including phenoxy) is 1. The molecule has 0 atom stereocenters. The van der Waals surface area contributed by atoms with E-state index in [0.29, 0.717) is 10.8 Å². The molecule has 0 saturated heterocycles. The third-order valence-corrected chi connectivity index (χ3v) is 2.74. The third-order valence-electron chi connectivity index (χ3n) is 2.27. The van der Waals surface area contributed by atoms with E-state index in [1.165, 1.54) is 0 Å². The molecule has 0 spiro atoms. The minimum Gasteiger partial charge on any atom is -0.495 e. The van der Waals surface area contributed by atoms with Crippen molar-refractivity contribution >= 4 is 23.2 Å². The summed E-state index contributed by atoms with van der Waals surface area (Å²) < 4.78 is 5.09. The van der Waals surface area contributed by atoms with Crippen molar-refractivity contribution in [2.45, 2.75) is 6.92 Å². The fourth-order valence-corrected chi connectivity index (χ4v) is 1.99. The van der Waals surface area contributed by atoms with Gasteiger partial charge in [-0.2, -0.15) is 0 Å². The highest BCUT2D eigenvalue weighted by atomic mass is 35.5. The molecule has 0 aliphatic rings. The largest absolute Gasteiger partial charge is 0.495 e. The maximum absolute atomic E-state index is 6.06. The molecule has 1 heterocycles. The topological polar surface area (TPSA) is 35.0 Å². The second-order valence-electron chi connectivity index (χ2n) is 3.51. The van der Waals surface area contributed by atoms with Gasteiger partial charge in [-0.1, -0.05) is 11.6 Å². The zero-order valence-electron chi connectivity index (χ0n) is 9.37. The lowest BCUT2D eigenvalue weighted by Crippen LogP contribution is -1.91. The van der Waals surface area contributed by atoms with Crippen molar-refractivity contribution in [3.63, 3.8) is 0 Å². The Morgan fingerprint density at radius 1 is 1.12 bits per heavy atom. The normalized spacial score (nSPS) is 10.4. The average Bonchev–Trinajstić information content (AvgIpc) is 2.27. The summed E-state index contributed by atoms with van der Waals surface area (Å²) in [6.07, 6.45) is 0. The summed E-state index contributed by atoms with van der Waals surface area (Å²) in [5, 5.41) is 0.768. The second kappa shape index (κ2) is 4.90. The van der Waals surface area contributed by atoms with Crippen LogP contribution in [0.5, 0.6) is 5.75 Å². The van der Waals surface area contributed by atoms with Gasteiger partial charge in [-0.05, 0) is 42.8 Å². The second-order valence-corrected chi connectivity index (χ2v) is 4.26. The van der Waals surface area contributed by atoms with E-state index in [-0.39, 0.29) is 5.28 Å². The van der Waals surface area contributed by atoms with Gasteiger partial charge in [-0.15, -0.1) is 0 Å². The van der Waals surface area contributed by atoms with Crippen LogP contribution < -0.4 is 4.74 Å². The fourth-order valence-electron chi connectivity index (χ4n) is 1.51. The van der Waals surface area contributed by atoms with Gasteiger partial charge in [0.2, 0.25) is 5.28 Å². The van der Waals surface area contributed by atoms with Gasteiger partial charge in [0, 0.05) is 11.3 Å². The quantitative estimate of drug-likeness (QED) is 0.778. The Balaban J connectivity index is 2.49. The predicted molar refractivity (Wildman–Crippen MR) is 68.8 cm³/mol. The van der Waals surface area contributed by atoms with Gasteiger partial charge in [0.05, 0.1) is 17.8 Å². The molecule has 0 aliphatic heterocycles. The number of methoxy groups -OCH3 is 1. The summed E-state index contributed by atoms with van der Waals surface area (Å²) in [6.45, 7) is 1.86. The van der Waals surface area contributed by atoms with E-state index in [9.17, 15) is 0 Å². The van der Waals surface area contributed by atoms with E-state index in [0.717, 1.165) is 17.0 Å². The van der Waals surface area contributed by atoms with Crippen LogP contribution in [0.3, 0.4) is 0 Å². The Morgan fingerprint density at radius 2 is 1.88 bits per heavy atom. The number of halogens is 2. The first-order valence-corrected chi connectivity index (χ1v) is 5.71. The molecule has 0 N–H and O–H groups in total. The van der Waals surface area contributed by atoms with Crippen molar-refractivity contribution in [1.29, 1.82) is 0 Å². The van der Waals surface area contributed by atoms with Gasteiger partial charge in [-0.3, -0.25) is 0 Å². The van der Waals surface area contributed by atoms with Crippen LogP contribution in [-0.4, -0.2) is 17.1 Å². The Morgan fingerprint density at radius 3 is 2.47 bits per heavy atom. The zero-order chi connectivity index (χ0) is 12.4. The van der Waals surface area contributed by atoms with Crippen LogP contribution in [0.4, 0.5) is 0 Å². The smallest absolute Gasteiger partial charge is 0.223 e. The van der Waals surface area contributed by atoms with E-state index in [1.807, 2.05) is 19.1 Å². The summed E-state index contributed by atoms with van der Waals surface area (Å²) in [4.78, 5) is 8.17. The molecule has 5 heteroatoms. The highest BCUT2D eigenvalue weighted by Crippen LogP contribution is 2.29.